The summed E-state index contributed by atoms with van der Waals surface area (Å²) in [6, 6.07) is 9.19. The minimum absolute atomic E-state index is 0.103. The largest absolute Gasteiger partial charge is 0.507 e. The van der Waals surface area contributed by atoms with Gasteiger partial charge in [0.05, 0.1) is 23.0 Å². The van der Waals surface area contributed by atoms with E-state index in [4.69, 9.17) is 10.7 Å². The molecule has 0 unspecified atom stereocenters. The summed E-state index contributed by atoms with van der Waals surface area (Å²) in [6.45, 7) is 9.25. The molecule has 2 fully saturated rings. The third-order valence-electron chi connectivity index (χ3n) is 7.19. The molecule has 0 bridgehead atoms. The monoisotopic (exact) mass is 463 g/mol. The second-order valence-corrected chi connectivity index (χ2v) is 10.7. The molecule has 34 heavy (non-hydrogen) atoms. The molecule has 8 nitrogen and oxygen atoms in total. The predicted octanol–water partition coefficient (Wildman–Crippen LogP) is 2.56. The number of likely N-dealkylation sites (tertiary alicyclic amines) is 1. The average Bonchev–Trinajstić information content (AvgIpc) is 3.14. The van der Waals surface area contributed by atoms with Gasteiger partial charge in [-0.05, 0) is 61.9 Å². The van der Waals surface area contributed by atoms with Gasteiger partial charge in [0, 0.05) is 50.9 Å². The number of amides is 1. The number of nitrogens with zero attached hydrogens (tertiary/aromatic N) is 4. The fourth-order valence-electron chi connectivity index (χ4n) is 5.56. The van der Waals surface area contributed by atoms with Gasteiger partial charge in [-0.25, -0.2) is 4.98 Å². The van der Waals surface area contributed by atoms with Gasteiger partial charge in [-0.2, -0.15) is 0 Å². The molecule has 0 saturated carbocycles. The number of carbonyl (C=O) groups is 1. The lowest BCUT2D eigenvalue weighted by atomic mass is 9.71. The zero-order chi connectivity index (χ0) is 24.1. The zero-order valence-corrected chi connectivity index (χ0v) is 19.9. The van der Waals surface area contributed by atoms with Crippen LogP contribution in [0.3, 0.4) is 0 Å². The number of pyridine rings is 1. The molecule has 5 rings (SSSR count). The van der Waals surface area contributed by atoms with Crippen LogP contribution in [-0.2, 0) is 6.54 Å². The summed E-state index contributed by atoms with van der Waals surface area (Å²) in [4.78, 5) is 20.9. The van der Waals surface area contributed by atoms with Gasteiger partial charge in [-0.1, -0.05) is 6.07 Å². The maximum absolute atomic E-state index is 11.3. The van der Waals surface area contributed by atoms with Crippen LogP contribution >= 0.6 is 0 Å². The van der Waals surface area contributed by atoms with Crippen molar-refractivity contribution in [1.82, 2.24) is 14.5 Å². The van der Waals surface area contributed by atoms with Crippen LogP contribution in [-0.4, -0.2) is 68.9 Å². The number of phenols is 1. The fourth-order valence-corrected chi connectivity index (χ4v) is 5.56. The van der Waals surface area contributed by atoms with E-state index in [1.807, 2.05) is 30.8 Å². The van der Waals surface area contributed by atoms with Gasteiger partial charge < -0.3 is 25.4 Å². The number of carbonyl (C=O) groups excluding carboxylic acids is 1. The van der Waals surface area contributed by atoms with Gasteiger partial charge in [-0.15, -0.1) is 0 Å². The van der Waals surface area contributed by atoms with Crippen molar-refractivity contribution in [3.05, 3.63) is 53.9 Å². The molecular formula is C26H33N5O3. The van der Waals surface area contributed by atoms with E-state index in [1.54, 1.807) is 18.2 Å². The Morgan fingerprint density at radius 1 is 1.18 bits per heavy atom. The number of fused-ring (bicyclic) bond motifs is 1. The summed E-state index contributed by atoms with van der Waals surface area (Å²) in [6.07, 6.45) is 6.28. The van der Waals surface area contributed by atoms with Crippen LogP contribution in [0.5, 0.6) is 5.75 Å². The van der Waals surface area contributed by atoms with Crippen molar-refractivity contribution in [3.8, 4) is 5.75 Å². The summed E-state index contributed by atoms with van der Waals surface area (Å²) in [7, 11) is 0. The van der Waals surface area contributed by atoms with Crippen molar-refractivity contribution in [2.24, 2.45) is 11.1 Å². The number of hydrogen-bond acceptors (Lipinski definition) is 6. The van der Waals surface area contributed by atoms with E-state index >= 15 is 0 Å². The standard InChI is InChI=1S/C26H33N5O3/c1-25(2,34)15-29-16-26(17-29)6-9-30(10-7-26)20-12-19-5-8-31(24(19)28-13-20)14-18-3-4-21(23(27)33)22(32)11-18/h3-5,8,11-13,32,34H,6-7,9-10,14-17H2,1-2H3,(H2,27,33). The highest BCUT2D eigenvalue weighted by Crippen LogP contribution is 2.42. The maximum atomic E-state index is 11.3. The van der Waals surface area contributed by atoms with E-state index in [-0.39, 0.29) is 11.3 Å². The number of primary amides is 1. The molecule has 2 aliphatic rings. The molecular weight excluding hydrogens is 430 g/mol. The smallest absolute Gasteiger partial charge is 0.252 e. The van der Waals surface area contributed by atoms with E-state index in [0.717, 1.165) is 55.0 Å². The second kappa shape index (κ2) is 8.29. The van der Waals surface area contributed by atoms with Crippen molar-refractivity contribution < 1.29 is 15.0 Å². The first-order valence-electron chi connectivity index (χ1n) is 11.9. The predicted molar refractivity (Wildman–Crippen MR) is 132 cm³/mol. The van der Waals surface area contributed by atoms with Crippen molar-refractivity contribution in [2.75, 3.05) is 37.6 Å². The maximum Gasteiger partial charge on any atom is 0.252 e. The Morgan fingerprint density at radius 2 is 1.91 bits per heavy atom. The topological polar surface area (TPSA) is 108 Å². The normalized spacial score (nSPS) is 18.4. The van der Waals surface area contributed by atoms with Crippen LogP contribution in [0, 0.1) is 5.41 Å². The quantitative estimate of drug-likeness (QED) is 0.519. The number of rotatable bonds is 6. The average molecular weight is 464 g/mol. The molecule has 2 saturated heterocycles. The molecule has 2 aromatic heterocycles. The van der Waals surface area contributed by atoms with E-state index in [0.29, 0.717) is 12.0 Å². The lowest BCUT2D eigenvalue weighted by molar-refractivity contribution is -0.0643. The lowest BCUT2D eigenvalue weighted by Gasteiger charge is -2.55. The Labute approximate surface area is 199 Å². The highest BCUT2D eigenvalue weighted by atomic mass is 16.3. The minimum Gasteiger partial charge on any atom is -0.507 e. The molecule has 0 aliphatic carbocycles. The summed E-state index contributed by atoms with van der Waals surface area (Å²) < 4.78 is 2.04. The number of piperidine rings is 1. The van der Waals surface area contributed by atoms with E-state index in [1.165, 1.54) is 12.8 Å². The van der Waals surface area contributed by atoms with Crippen LogP contribution in [0.25, 0.3) is 11.0 Å². The Kier molecular flexibility index (Phi) is 5.53. The molecule has 0 radical (unpaired) electrons. The van der Waals surface area contributed by atoms with Gasteiger partial charge in [0.2, 0.25) is 0 Å². The van der Waals surface area contributed by atoms with Crippen LogP contribution < -0.4 is 10.6 Å². The first-order valence-corrected chi connectivity index (χ1v) is 11.9. The Morgan fingerprint density at radius 3 is 2.56 bits per heavy atom. The van der Waals surface area contributed by atoms with Crippen LogP contribution in [0.4, 0.5) is 5.69 Å². The van der Waals surface area contributed by atoms with Crippen molar-refractivity contribution in [2.45, 2.75) is 38.8 Å². The van der Waals surface area contributed by atoms with Crippen LogP contribution in [0.15, 0.2) is 42.7 Å². The van der Waals surface area contributed by atoms with E-state index in [2.05, 4.69) is 21.9 Å². The molecule has 0 atom stereocenters. The zero-order valence-electron chi connectivity index (χ0n) is 19.9. The number of β-amino-alcohol motifs (C(OH)–C–C–N with tert-alkyl or cyclic N) is 1. The molecule has 2 aliphatic heterocycles. The summed E-state index contributed by atoms with van der Waals surface area (Å²) in [5.74, 6) is -0.744. The highest BCUT2D eigenvalue weighted by molar-refractivity contribution is 5.95. The molecule has 8 heteroatoms. The lowest BCUT2D eigenvalue weighted by Crippen LogP contribution is -2.62. The molecule has 1 spiro atoms. The minimum atomic E-state index is -0.642. The Hall–Kier alpha value is -3.10. The van der Waals surface area contributed by atoms with Gasteiger partial charge in [-0.3, -0.25) is 9.69 Å². The van der Waals surface area contributed by atoms with E-state index in [9.17, 15) is 15.0 Å². The number of anilines is 1. The van der Waals surface area contributed by atoms with Crippen molar-refractivity contribution in [1.29, 1.82) is 0 Å². The van der Waals surface area contributed by atoms with Crippen LogP contribution in [0.2, 0.25) is 0 Å². The number of aromatic nitrogens is 2. The van der Waals surface area contributed by atoms with Gasteiger partial charge >= 0.3 is 0 Å². The number of nitrogens with two attached hydrogens (primary N) is 1. The molecule has 1 amide bonds. The molecule has 4 N–H and O–H groups in total. The van der Waals surface area contributed by atoms with Gasteiger partial charge in [0.15, 0.2) is 0 Å². The van der Waals surface area contributed by atoms with E-state index < -0.39 is 11.5 Å². The summed E-state index contributed by atoms with van der Waals surface area (Å²) >= 11 is 0. The SMILES string of the molecule is CC(C)(O)CN1CC2(CCN(c3cnc4c(ccn4Cc4ccc(C(N)=O)c(O)c4)c3)CC2)C1. The number of aromatic hydroxyl groups is 1. The summed E-state index contributed by atoms with van der Waals surface area (Å²) in [5, 5.41) is 21.2. The summed E-state index contributed by atoms with van der Waals surface area (Å²) in [5.41, 5.74) is 8.07. The first-order chi connectivity index (χ1) is 16.1. The molecule has 3 aromatic rings. The van der Waals surface area contributed by atoms with Crippen LogP contribution in [0.1, 0.15) is 42.6 Å². The Bertz CT molecular complexity index is 1210. The third kappa shape index (κ3) is 4.48. The van der Waals surface area contributed by atoms with Crippen molar-refractivity contribution in [3.63, 3.8) is 0 Å². The third-order valence-corrected chi connectivity index (χ3v) is 7.19. The Balaban J connectivity index is 1.23. The second-order valence-electron chi connectivity index (χ2n) is 10.7. The van der Waals surface area contributed by atoms with Crippen molar-refractivity contribution >= 4 is 22.6 Å². The molecule has 1 aromatic carbocycles. The molecule has 180 valence electrons. The number of hydrogen-bond donors (Lipinski definition) is 3. The van der Waals surface area contributed by atoms with Gasteiger partial charge in [0.1, 0.15) is 11.4 Å². The number of benzene rings is 1. The first kappa shape index (κ1) is 22.7. The highest BCUT2D eigenvalue weighted by Gasteiger charge is 2.45. The molecule has 4 heterocycles. The van der Waals surface area contributed by atoms with Gasteiger partial charge in [0.25, 0.3) is 5.91 Å². The fraction of sp³-hybridized carbons (Fsp3) is 0.462. The number of aliphatic hydroxyl groups is 1.